The van der Waals surface area contributed by atoms with Crippen LogP contribution in [0, 0.1) is 6.92 Å². The molecule has 0 radical (unpaired) electrons. The first-order valence-electron chi connectivity index (χ1n) is 9.81. The molecule has 0 aromatic heterocycles. The van der Waals surface area contributed by atoms with Crippen LogP contribution in [0.2, 0.25) is 0 Å². The van der Waals surface area contributed by atoms with Crippen LogP contribution in [0.3, 0.4) is 0 Å². The second-order valence-electron chi connectivity index (χ2n) is 7.40. The Morgan fingerprint density at radius 2 is 2.07 bits per heavy atom. The molecule has 2 aromatic rings. The number of benzene rings is 2. The summed E-state index contributed by atoms with van der Waals surface area (Å²) < 4.78 is 0. The van der Waals surface area contributed by atoms with Crippen LogP contribution in [-0.2, 0) is 0 Å². The van der Waals surface area contributed by atoms with Crippen molar-refractivity contribution in [3.63, 3.8) is 0 Å². The first-order valence-corrected chi connectivity index (χ1v) is 10.6. The van der Waals surface area contributed by atoms with Gasteiger partial charge in [0, 0.05) is 27.9 Å². The van der Waals surface area contributed by atoms with Crippen LogP contribution in [0.25, 0.3) is 0 Å². The predicted octanol–water partition coefficient (Wildman–Crippen LogP) is 3.93. The van der Waals surface area contributed by atoms with E-state index in [1.807, 2.05) is 37.3 Å². The number of carbonyl (C=O) groups excluding carboxylic acids is 2. The molecule has 6 heteroatoms. The molecule has 2 heterocycles. The van der Waals surface area contributed by atoms with Gasteiger partial charge < -0.3 is 10.6 Å². The van der Waals surface area contributed by atoms with Crippen LogP contribution < -0.4 is 10.6 Å². The molecule has 146 valence electrons. The second-order valence-corrected chi connectivity index (χ2v) is 8.49. The molecule has 0 aliphatic carbocycles. The Morgan fingerprint density at radius 1 is 1.25 bits per heavy atom. The van der Waals surface area contributed by atoms with Gasteiger partial charge in [-0.2, -0.15) is 0 Å². The summed E-state index contributed by atoms with van der Waals surface area (Å²) >= 11 is 1.55. The molecule has 28 heavy (non-hydrogen) atoms. The van der Waals surface area contributed by atoms with Gasteiger partial charge >= 0.3 is 0 Å². The summed E-state index contributed by atoms with van der Waals surface area (Å²) in [5.41, 5.74) is 2.98. The lowest BCUT2D eigenvalue weighted by Crippen LogP contribution is -2.40. The van der Waals surface area contributed by atoms with Gasteiger partial charge in [-0.25, -0.2) is 0 Å². The molecule has 2 aromatic carbocycles. The van der Waals surface area contributed by atoms with Crippen LogP contribution in [0.15, 0.2) is 46.2 Å². The maximum atomic E-state index is 12.7. The predicted molar refractivity (Wildman–Crippen MR) is 112 cm³/mol. The monoisotopic (exact) mass is 395 g/mol. The van der Waals surface area contributed by atoms with Gasteiger partial charge in [0.25, 0.3) is 11.8 Å². The average molecular weight is 396 g/mol. The fourth-order valence-corrected chi connectivity index (χ4v) is 4.92. The number of hydrogen-bond acceptors (Lipinski definition) is 4. The number of amides is 2. The van der Waals surface area contributed by atoms with Gasteiger partial charge in [0.2, 0.25) is 0 Å². The molecule has 2 amide bonds. The van der Waals surface area contributed by atoms with E-state index in [0.717, 1.165) is 34.9 Å². The van der Waals surface area contributed by atoms with Crippen LogP contribution in [0.1, 0.15) is 46.0 Å². The van der Waals surface area contributed by atoms with Crippen LogP contribution >= 0.6 is 11.8 Å². The van der Waals surface area contributed by atoms with Crippen molar-refractivity contribution in [1.29, 1.82) is 0 Å². The number of carbonyl (C=O) groups is 2. The zero-order valence-corrected chi connectivity index (χ0v) is 17.1. The van der Waals surface area contributed by atoms with E-state index in [4.69, 9.17) is 0 Å². The summed E-state index contributed by atoms with van der Waals surface area (Å²) in [6, 6.07) is 11.8. The third kappa shape index (κ3) is 3.80. The molecular weight excluding hydrogens is 370 g/mol. The molecule has 4 rings (SSSR count). The molecule has 0 spiro atoms. The molecule has 0 saturated carbocycles. The normalized spacial score (nSPS) is 18.8. The fourth-order valence-electron chi connectivity index (χ4n) is 3.93. The van der Waals surface area contributed by atoms with Crippen molar-refractivity contribution in [2.45, 2.75) is 42.5 Å². The molecule has 5 nitrogen and oxygen atoms in total. The third-order valence-corrected chi connectivity index (χ3v) is 6.64. The number of likely N-dealkylation sites (N-methyl/N-ethyl adjacent to an activating group) is 1. The van der Waals surface area contributed by atoms with Crippen molar-refractivity contribution >= 4 is 29.3 Å². The van der Waals surface area contributed by atoms with Crippen molar-refractivity contribution in [3.8, 4) is 0 Å². The van der Waals surface area contributed by atoms with Crippen molar-refractivity contribution in [1.82, 2.24) is 10.2 Å². The smallest absolute Gasteiger partial charge is 0.256 e. The minimum atomic E-state index is -0.132. The molecule has 0 bridgehead atoms. The van der Waals surface area contributed by atoms with Crippen LogP contribution in [0.5, 0.6) is 0 Å². The lowest BCUT2D eigenvalue weighted by Gasteiger charge is -2.23. The van der Waals surface area contributed by atoms with Gasteiger partial charge in [-0.1, -0.05) is 30.3 Å². The Hall–Kier alpha value is -2.31. The highest BCUT2D eigenvalue weighted by Gasteiger charge is 2.24. The summed E-state index contributed by atoms with van der Waals surface area (Å²) in [6.07, 6.45) is 2.32. The second kappa shape index (κ2) is 7.97. The molecule has 0 unspecified atom stereocenters. The summed E-state index contributed by atoms with van der Waals surface area (Å²) in [4.78, 5) is 29.6. The molecule has 1 saturated heterocycles. The summed E-state index contributed by atoms with van der Waals surface area (Å²) in [5, 5.41) is 6.03. The van der Waals surface area contributed by atoms with Gasteiger partial charge in [0.05, 0.1) is 11.3 Å². The highest BCUT2D eigenvalue weighted by atomic mass is 32.2. The average Bonchev–Trinajstić information content (AvgIpc) is 3.10. The standard InChI is InChI=1S/C22H25N3O2S/c1-3-25-10-4-5-16(25)13-23-21(26)15-7-9-20-18(12-15)24-22(27)17-11-14(2)6-8-19(17)28-20/h6-9,11-12,16H,3-5,10,13H2,1-2H3,(H,23,26)(H,24,27)/t16-/m1/s1. The van der Waals surface area contributed by atoms with Gasteiger partial charge in [-0.05, 0) is 63.2 Å². The minimum Gasteiger partial charge on any atom is -0.350 e. The maximum Gasteiger partial charge on any atom is 0.256 e. The number of hydrogen-bond donors (Lipinski definition) is 2. The Morgan fingerprint density at radius 3 is 2.89 bits per heavy atom. The van der Waals surface area contributed by atoms with Crippen LogP contribution in [-0.4, -0.2) is 42.4 Å². The van der Waals surface area contributed by atoms with Crippen LogP contribution in [0.4, 0.5) is 5.69 Å². The van der Waals surface area contributed by atoms with Gasteiger partial charge in [-0.3, -0.25) is 14.5 Å². The fraction of sp³-hybridized carbons (Fsp3) is 0.364. The Labute approximate surface area is 169 Å². The molecular formula is C22H25N3O2S. The van der Waals surface area contributed by atoms with E-state index in [9.17, 15) is 9.59 Å². The number of rotatable bonds is 4. The van der Waals surface area contributed by atoms with E-state index >= 15 is 0 Å². The molecule has 2 aliphatic rings. The third-order valence-electron chi connectivity index (χ3n) is 5.49. The molecule has 1 atom stereocenters. The first kappa shape index (κ1) is 19.0. The van der Waals surface area contributed by atoms with Crippen molar-refractivity contribution in [2.24, 2.45) is 0 Å². The van der Waals surface area contributed by atoms with Gasteiger partial charge in [0.15, 0.2) is 0 Å². The Bertz CT molecular complexity index is 928. The number of fused-ring (bicyclic) bond motifs is 2. The zero-order valence-electron chi connectivity index (χ0n) is 16.2. The largest absolute Gasteiger partial charge is 0.350 e. The van der Waals surface area contributed by atoms with E-state index in [2.05, 4.69) is 22.5 Å². The van der Waals surface area contributed by atoms with E-state index in [-0.39, 0.29) is 11.8 Å². The number of nitrogens with zero attached hydrogens (tertiary/aromatic N) is 1. The van der Waals surface area contributed by atoms with Gasteiger partial charge in [0.1, 0.15) is 0 Å². The zero-order chi connectivity index (χ0) is 19.7. The van der Waals surface area contributed by atoms with Gasteiger partial charge in [-0.15, -0.1) is 0 Å². The number of anilines is 1. The number of nitrogens with one attached hydrogen (secondary N) is 2. The minimum absolute atomic E-state index is 0.0948. The SMILES string of the molecule is CCN1CCC[C@@H]1CNC(=O)c1ccc2c(c1)NC(=O)c1cc(C)ccc1S2. The lowest BCUT2D eigenvalue weighted by molar-refractivity contribution is 0.0940. The maximum absolute atomic E-state index is 12.7. The van der Waals surface area contributed by atoms with Crippen molar-refractivity contribution in [3.05, 3.63) is 53.1 Å². The topological polar surface area (TPSA) is 61.4 Å². The first-order chi connectivity index (χ1) is 13.5. The number of aryl methyl sites for hydroxylation is 1. The molecule has 2 aliphatic heterocycles. The lowest BCUT2D eigenvalue weighted by atomic mass is 10.1. The Kier molecular flexibility index (Phi) is 5.42. The highest BCUT2D eigenvalue weighted by Crippen LogP contribution is 2.39. The number of likely N-dealkylation sites (tertiary alicyclic amines) is 1. The van der Waals surface area contributed by atoms with E-state index in [1.165, 1.54) is 6.42 Å². The summed E-state index contributed by atoms with van der Waals surface area (Å²) in [7, 11) is 0. The van der Waals surface area contributed by atoms with E-state index < -0.39 is 0 Å². The van der Waals surface area contributed by atoms with Crippen molar-refractivity contribution < 1.29 is 9.59 Å². The highest BCUT2D eigenvalue weighted by molar-refractivity contribution is 7.99. The van der Waals surface area contributed by atoms with E-state index in [1.54, 1.807) is 17.8 Å². The quantitative estimate of drug-likeness (QED) is 0.824. The summed E-state index contributed by atoms with van der Waals surface area (Å²) in [6.45, 7) is 6.92. The Balaban J connectivity index is 1.50. The van der Waals surface area contributed by atoms with Crippen molar-refractivity contribution in [2.75, 3.05) is 25.0 Å². The summed E-state index contributed by atoms with van der Waals surface area (Å²) in [5.74, 6) is -0.227. The molecule has 1 fully saturated rings. The van der Waals surface area contributed by atoms with E-state index in [0.29, 0.717) is 29.4 Å². The molecule has 2 N–H and O–H groups in total.